The van der Waals surface area contributed by atoms with Crippen molar-refractivity contribution in [2.24, 2.45) is 0 Å². The second-order valence-corrected chi connectivity index (χ2v) is 4.52. The summed E-state index contributed by atoms with van der Waals surface area (Å²) in [7, 11) is 2.83. The van der Waals surface area contributed by atoms with Crippen molar-refractivity contribution in [3.8, 4) is 17.0 Å². The molecule has 2 rings (SSSR count). The van der Waals surface area contributed by atoms with Gasteiger partial charge < -0.3 is 9.47 Å². The number of hydrogen-bond acceptors (Lipinski definition) is 5. The number of esters is 1. The first kappa shape index (κ1) is 15.0. The molecule has 2 aromatic rings. The van der Waals surface area contributed by atoms with Crippen LogP contribution in [0.1, 0.15) is 29.4 Å². The molecule has 0 radical (unpaired) electrons. The molecule has 0 atom stereocenters. The third kappa shape index (κ3) is 3.18. The molecule has 110 valence electrons. The minimum Gasteiger partial charge on any atom is -0.480 e. The van der Waals surface area contributed by atoms with E-state index in [1.165, 1.54) is 14.2 Å². The van der Waals surface area contributed by atoms with E-state index in [1.54, 1.807) is 18.5 Å². The predicted molar refractivity (Wildman–Crippen MR) is 79.4 cm³/mol. The fraction of sp³-hybridized carbons (Fsp3) is 0.312. The molecule has 0 N–H and O–H groups in total. The number of nitrogens with zero attached hydrogens (tertiary/aromatic N) is 2. The second kappa shape index (κ2) is 6.83. The molecule has 0 fully saturated rings. The number of ether oxygens (including phenoxy) is 2. The number of rotatable bonds is 5. The Morgan fingerprint density at radius 2 is 2.14 bits per heavy atom. The fourth-order valence-corrected chi connectivity index (χ4v) is 2.14. The molecule has 0 aliphatic carbocycles. The molecule has 0 saturated carbocycles. The van der Waals surface area contributed by atoms with Crippen molar-refractivity contribution in [1.82, 2.24) is 9.97 Å². The van der Waals surface area contributed by atoms with Gasteiger partial charge in [-0.05, 0) is 18.6 Å². The van der Waals surface area contributed by atoms with E-state index in [4.69, 9.17) is 9.47 Å². The van der Waals surface area contributed by atoms with Gasteiger partial charge >= 0.3 is 5.97 Å². The maximum Gasteiger partial charge on any atom is 0.343 e. The lowest BCUT2D eigenvalue weighted by Gasteiger charge is -2.13. The zero-order chi connectivity index (χ0) is 15.2. The van der Waals surface area contributed by atoms with Crippen molar-refractivity contribution >= 4 is 5.97 Å². The van der Waals surface area contributed by atoms with E-state index < -0.39 is 5.97 Å². The SMILES string of the molecule is CCCc1nc(OC)c(C(=O)OC)cc1-c1cccnc1. The van der Waals surface area contributed by atoms with Gasteiger partial charge in [0.25, 0.3) is 0 Å². The van der Waals surface area contributed by atoms with Crippen molar-refractivity contribution in [2.45, 2.75) is 19.8 Å². The molecule has 5 heteroatoms. The topological polar surface area (TPSA) is 61.3 Å². The van der Waals surface area contributed by atoms with E-state index in [0.717, 1.165) is 29.7 Å². The van der Waals surface area contributed by atoms with E-state index in [0.29, 0.717) is 5.56 Å². The van der Waals surface area contributed by atoms with Crippen molar-refractivity contribution in [1.29, 1.82) is 0 Å². The van der Waals surface area contributed by atoms with Crippen LogP contribution < -0.4 is 4.74 Å². The highest BCUT2D eigenvalue weighted by atomic mass is 16.5. The molecule has 2 aromatic heterocycles. The van der Waals surface area contributed by atoms with Crippen LogP contribution in [0.2, 0.25) is 0 Å². The molecule has 0 unspecified atom stereocenters. The summed E-state index contributed by atoms with van der Waals surface area (Å²) in [5.74, 6) is -0.175. The highest BCUT2D eigenvalue weighted by Crippen LogP contribution is 2.29. The lowest BCUT2D eigenvalue weighted by molar-refractivity contribution is 0.0596. The first-order valence-electron chi connectivity index (χ1n) is 6.77. The molecule has 0 aliphatic heterocycles. The summed E-state index contributed by atoms with van der Waals surface area (Å²) in [6.45, 7) is 2.08. The van der Waals surface area contributed by atoms with Crippen LogP contribution in [0.3, 0.4) is 0 Å². The molecule has 5 nitrogen and oxygen atoms in total. The van der Waals surface area contributed by atoms with Gasteiger partial charge in [0.1, 0.15) is 5.56 Å². The van der Waals surface area contributed by atoms with Gasteiger partial charge in [-0.2, -0.15) is 0 Å². The molecule has 0 aromatic carbocycles. The summed E-state index contributed by atoms with van der Waals surface area (Å²) >= 11 is 0. The van der Waals surface area contributed by atoms with Crippen molar-refractivity contribution in [3.05, 3.63) is 41.9 Å². The quantitative estimate of drug-likeness (QED) is 0.791. The van der Waals surface area contributed by atoms with E-state index in [9.17, 15) is 4.79 Å². The summed E-state index contributed by atoms with van der Waals surface area (Å²) in [4.78, 5) is 20.5. The molecule has 0 spiro atoms. The van der Waals surface area contributed by atoms with Gasteiger partial charge in [-0.1, -0.05) is 19.4 Å². The van der Waals surface area contributed by atoms with Crippen LogP contribution in [0.4, 0.5) is 0 Å². The number of aromatic nitrogens is 2. The predicted octanol–water partition coefficient (Wildman–Crippen LogP) is 2.89. The second-order valence-electron chi connectivity index (χ2n) is 4.52. The van der Waals surface area contributed by atoms with E-state index in [-0.39, 0.29) is 5.88 Å². The minimum absolute atomic E-state index is 0.290. The van der Waals surface area contributed by atoms with Crippen LogP contribution in [0.15, 0.2) is 30.6 Å². The monoisotopic (exact) mass is 286 g/mol. The minimum atomic E-state index is -0.465. The maximum absolute atomic E-state index is 11.9. The first-order chi connectivity index (χ1) is 10.2. The van der Waals surface area contributed by atoms with E-state index in [2.05, 4.69) is 16.9 Å². The van der Waals surface area contributed by atoms with Gasteiger partial charge in [-0.15, -0.1) is 0 Å². The number of pyridine rings is 2. The molecule has 0 amide bonds. The Balaban J connectivity index is 2.63. The zero-order valence-corrected chi connectivity index (χ0v) is 12.4. The molecular formula is C16H18N2O3. The normalized spacial score (nSPS) is 10.2. The number of aryl methyl sites for hydroxylation is 1. The van der Waals surface area contributed by atoms with Gasteiger partial charge in [0.15, 0.2) is 0 Å². The van der Waals surface area contributed by atoms with Crippen LogP contribution in [-0.4, -0.2) is 30.2 Å². The number of methoxy groups -OCH3 is 2. The smallest absolute Gasteiger partial charge is 0.343 e. The Morgan fingerprint density at radius 1 is 1.33 bits per heavy atom. The summed E-state index contributed by atoms with van der Waals surface area (Å²) in [6.07, 6.45) is 5.20. The van der Waals surface area contributed by atoms with E-state index >= 15 is 0 Å². The summed E-state index contributed by atoms with van der Waals surface area (Å²) in [5.41, 5.74) is 3.00. The van der Waals surface area contributed by atoms with Gasteiger partial charge in [-0.3, -0.25) is 4.98 Å². The Hall–Kier alpha value is -2.43. The van der Waals surface area contributed by atoms with Crippen LogP contribution >= 0.6 is 0 Å². The van der Waals surface area contributed by atoms with Crippen LogP contribution in [-0.2, 0) is 11.2 Å². The number of carbonyl (C=O) groups excluding carboxylic acids is 1. The summed E-state index contributed by atoms with van der Waals surface area (Å²) in [5, 5.41) is 0. The summed E-state index contributed by atoms with van der Waals surface area (Å²) < 4.78 is 10.0. The highest BCUT2D eigenvalue weighted by Gasteiger charge is 2.19. The van der Waals surface area contributed by atoms with Gasteiger partial charge in [0.2, 0.25) is 5.88 Å². The zero-order valence-electron chi connectivity index (χ0n) is 12.4. The standard InChI is InChI=1S/C16H18N2O3/c1-4-6-14-12(11-7-5-8-17-10-11)9-13(16(19)21-3)15(18-14)20-2/h5,7-10H,4,6H2,1-3H3. The molecule has 21 heavy (non-hydrogen) atoms. The van der Waals surface area contributed by atoms with Crippen molar-refractivity contribution in [3.63, 3.8) is 0 Å². The molecular weight excluding hydrogens is 268 g/mol. The number of hydrogen-bond donors (Lipinski definition) is 0. The average Bonchev–Trinajstić information content (AvgIpc) is 2.54. The largest absolute Gasteiger partial charge is 0.480 e. The van der Waals surface area contributed by atoms with Crippen LogP contribution in [0, 0.1) is 0 Å². The maximum atomic E-state index is 11.9. The fourth-order valence-electron chi connectivity index (χ4n) is 2.14. The summed E-state index contributed by atoms with van der Waals surface area (Å²) in [6, 6.07) is 5.56. The average molecular weight is 286 g/mol. The van der Waals surface area contributed by atoms with Gasteiger partial charge in [0.05, 0.1) is 19.9 Å². The Kier molecular flexibility index (Phi) is 4.87. The van der Waals surface area contributed by atoms with Crippen LogP contribution in [0.25, 0.3) is 11.1 Å². The molecule has 2 heterocycles. The Bertz CT molecular complexity index is 627. The molecule has 0 bridgehead atoms. The van der Waals surface area contributed by atoms with Crippen molar-refractivity contribution < 1.29 is 14.3 Å². The van der Waals surface area contributed by atoms with Crippen molar-refractivity contribution in [2.75, 3.05) is 14.2 Å². The Morgan fingerprint density at radius 3 is 2.71 bits per heavy atom. The molecule has 0 saturated heterocycles. The highest BCUT2D eigenvalue weighted by molar-refractivity contribution is 5.93. The Labute approximate surface area is 124 Å². The van der Waals surface area contributed by atoms with Crippen LogP contribution in [0.5, 0.6) is 5.88 Å². The lowest BCUT2D eigenvalue weighted by atomic mass is 10.0. The van der Waals surface area contributed by atoms with Gasteiger partial charge in [-0.25, -0.2) is 9.78 Å². The van der Waals surface area contributed by atoms with Gasteiger partial charge in [0, 0.05) is 23.5 Å². The third-order valence-electron chi connectivity index (χ3n) is 3.12. The third-order valence-corrected chi connectivity index (χ3v) is 3.12. The molecule has 0 aliphatic rings. The first-order valence-corrected chi connectivity index (χ1v) is 6.77. The van der Waals surface area contributed by atoms with E-state index in [1.807, 2.05) is 12.1 Å². The lowest BCUT2D eigenvalue weighted by Crippen LogP contribution is -2.08. The number of carbonyl (C=O) groups is 1.